The van der Waals surface area contributed by atoms with E-state index < -0.39 is 0 Å². The minimum atomic E-state index is -0.0754. The van der Waals surface area contributed by atoms with E-state index in [9.17, 15) is 9.59 Å². The molecule has 0 unspecified atom stereocenters. The van der Waals surface area contributed by atoms with Gasteiger partial charge in [0.15, 0.2) is 5.78 Å². The molecule has 5 rings (SSSR count). The molecule has 0 fully saturated rings. The number of carbonyl (C=O) groups is 1. The smallest absolute Gasteiger partial charge is 0.262 e. The van der Waals surface area contributed by atoms with Gasteiger partial charge in [0.2, 0.25) is 0 Å². The highest BCUT2D eigenvalue weighted by atomic mass is 32.2. The maximum absolute atomic E-state index is 13.2. The van der Waals surface area contributed by atoms with Crippen molar-refractivity contribution in [3.8, 4) is 0 Å². The highest BCUT2D eigenvalue weighted by molar-refractivity contribution is 8.00. The Balaban J connectivity index is 1.56. The summed E-state index contributed by atoms with van der Waals surface area (Å²) >= 11 is 3.06. The molecule has 1 aliphatic heterocycles. The zero-order chi connectivity index (χ0) is 18.4. The van der Waals surface area contributed by atoms with Gasteiger partial charge < -0.3 is 0 Å². The quantitative estimate of drug-likeness (QED) is 0.641. The summed E-state index contributed by atoms with van der Waals surface area (Å²) in [4.78, 5) is 33.7. The number of nitrogens with zero attached hydrogens (tertiary/aromatic N) is 2. The molecule has 0 saturated carbocycles. The number of thiophene rings is 1. The van der Waals surface area contributed by atoms with E-state index >= 15 is 0 Å². The maximum atomic E-state index is 13.2. The van der Waals surface area contributed by atoms with Crippen LogP contribution in [0.3, 0.4) is 0 Å². The van der Waals surface area contributed by atoms with Gasteiger partial charge in [0, 0.05) is 17.9 Å². The van der Waals surface area contributed by atoms with Crippen molar-refractivity contribution in [3.63, 3.8) is 0 Å². The van der Waals surface area contributed by atoms with Gasteiger partial charge in [0.25, 0.3) is 5.56 Å². The van der Waals surface area contributed by atoms with E-state index in [0.29, 0.717) is 5.39 Å². The first-order valence-corrected chi connectivity index (χ1v) is 11.2. The monoisotopic (exact) mass is 396 g/mol. The number of ketones is 1. The molecule has 1 atom stereocenters. The van der Waals surface area contributed by atoms with E-state index in [1.165, 1.54) is 11.3 Å². The van der Waals surface area contributed by atoms with Gasteiger partial charge in [0.1, 0.15) is 10.7 Å². The molecule has 0 saturated heterocycles. The van der Waals surface area contributed by atoms with Gasteiger partial charge in [-0.3, -0.25) is 14.2 Å². The summed E-state index contributed by atoms with van der Waals surface area (Å²) in [5.41, 5.74) is 1.01. The number of Topliss-reactive ketones (excluding diaryl/α,β-unsaturated/α-hetero) is 1. The first-order valence-electron chi connectivity index (χ1n) is 9.53. The predicted molar refractivity (Wildman–Crippen MR) is 110 cm³/mol. The number of carbonyl (C=O) groups excluding carboxylic acids is 1. The molecule has 3 heterocycles. The molecule has 0 amide bonds. The Bertz CT molecular complexity index is 1080. The fourth-order valence-electron chi connectivity index (χ4n) is 4.10. The van der Waals surface area contributed by atoms with Crippen molar-refractivity contribution in [1.82, 2.24) is 9.55 Å². The Labute approximate surface area is 165 Å². The normalized spacial score (nSPS) is 19.6. The van der Waals surface area contributed by atoms with Gasteiger partial charge >= 0.3 is 0 Å². The number of fused-ring (bicyclic) bond motifs is 4. The lowest BCUT2D eigenvalue weighted by Gasteiger charge is -2.20. The fraction of sp³-hybridized carbons (Fsp3) is 0.381. The summed E-state index contributed by atoms with van der Waals surface area (Å²) in [5.74, 6) is 1.05. The zero-order valence-corrected chi connectivity index (χ0v) is 16.6. The molecule has 3 aromatic rings. The second-order valence-corrected chi connectivity index (χ2v) is 9.48. The lowest BCUT2D eigenvalue weighted by atomic mass is 9.95. The van der Waals surface area contributed by atoms with Crippen molar-refractivity contribution in [2.75, 3.05) is 0 Å². The number of hydrogen-bond donors (Lipinski definition) is 0. The van der Waals surface area contributed by atoms with Crippen molar-refractivity contribution in [1.29, 1.82) is 0 Å². The second kappa shape index (κ2) is 6.91. The molecule has 0 radical (unpaired) electrons. The van der Waals surface area contributed by atoms with Crippen LogP contribution in [0.25, 0.3) is 10.2 Å². The Hall–Kier alpha value is -1.92. The van der Waals surface area contributed by atoms with Crippen molar-refractivity contribution in [2.24, 2.45) is 0 Å². The van der Waals surface area contributed by atoms with Crippen molar-refractivity contribution in [2.45, 2.75) is 55.2 Å². The van der Waals surface area contributed by atoms with Crippen LogP contribution >= 0.6 is 23.1 Å². The van der Waals surface area contributed by atoms with Gasteiger partial charge in [-0.15, -0.1) is 23.1 Å². The molecule has 0 N–H and O–H groups in total. The Morgan fingerprint density at radius 2 is 1.93 bits per heavy atom. The van der Waals surface area contributed by atoms with Crippen LogP contribution in [0.15, 0.2) is 40.0 Å². The molecule has 138 valence electrons. The van der Waals surface area contributed by atoms with Gasteiger partial charge in [-0.25, -0.2) is 4.98 Å². The standard InChI is InChI=1S/C21H20N2O2S2/c24-18-15(26-13-7-3-1-4-8-13)11-10-14-17-20(27-19(14)18)22-16-9-5-2-6-12-23(16)21(17)25/h1,3-4,7-8,15H,2,5-6,9-12H2/t15-/m1/s1. The molecule has 6 heteroatoms. The lowest BCUT2D eigenvalue weighted by Crippen LogP contribution is -2.27. The first kappa shape index (κ1) is 17.2. The van der Waals surface area contributed by atoms with Crippen LogP contribution in [0.4, 0.5) is 0 Å². The Kier molecular flexibility index (Phi) is 4.40. The minimum absolute atomic E-state index is 0.0661. The maximum Gasteiger partial charge on any atom is 0.262 e. The van der Waals surface area contributed by atoms with Crippen LogP contribution in [-0.4, -0.2) is 20.6 Å². The van der Waals surface area contributed by atoms with Crippen LogP contribution in [-0.2, 0) is 19.4 Å². The summed E-state index contributed by atoms with van der Waals surface area (Å²) in [5, 5.41) is 0.630. The van der Waals surface area contributed by atoms with Crippen LogP contribution in [0.2, 0.25) is 0 Å². The Morgan fingerprint density at radius 1 is 1.07 bits per heavy atom. The number of hydrogen-bond acceptors (Lipinski definition) is 5. The number of rotatable bonds is 2. The molecule has 2 aliphatic rings. The van der Waals surface area contributed by atoms with E-state index in [2.05, 4.69) is 0 Å². The van der Waals surface area contributed by atoms with Gasteiger partial charge in [0.05, 0.1) is 15.5 Å². The highest BCUT2D eigenvalue weighted by Crippen LogP contribution is 2.39. The van der Waals surface area contributed by atoms with Crippen molar-refractivity contribution >= 4 is 39.1 Å². The predicted octanol–water partition coefficient (Wildman–Crippen LogP) is 4.47. The third-order valence-electron chi connectivity index (χ3n) is 5.47. The van der Waals surface area contributed by atoms with Crippen LogP contribution in [0.5, 0.6) is 0 Å². The minimum Gasteiger partial charge on any atom is -0.296 e. The van der Waals surface area contributed by atoms with Crippen LogP contribution in [0, 0.1) is 0 Å². The van der Waals surface area contributed by atoms with Crippen molar-refractivity contribution < 1.29 is 4.79 Å². The van der Waals surface area contributed by atoms with E-state index in [4.69, 9.17) is 4.98 Å². The Morgan fingerprint density at radius 3 is 2.78 bits per heavy atom. The van der Waals surface area contributed by atoms with Crippen molar-refractivity contribution in [3.05, 3.63) is 57.0 Å². The first-order chi connectivity index (χ1) is 13.2. The summed E-state index contributed by atoms with van der Waals surface area (Å²) in [6.45, 7) is 0.752. The van der Waals surface area contributed by atoms with E-state index in [1.807, 2.05) is 34.9 Å². The molecule has 27 heavy (non-hydrogen) atoms. The number of benzene rings is 1. The zero-order valence-electron chi connectivity index (χ0n) is 14.9. The molecule has 0 spiro atoms. The van der Waals surface area contributed by atoms with E-state index in [-0.39, 0.29) is 16.6 Å². The summed E-state index contributed by atoms with van der Waals surface area (Å²) in [6, 6.07) is 10.1. The third-order valence-corrected chi connectivity index (χ3v) is 7.89. The molecular weight excluding hydrogens is 376 g/mol. The van der Waals surface area contributed by atoms with E-state index in [0.717, 1.165) is 71.1 Å². The summed E-state index contributed by atoms with van der Waals surface area (Å²) in [6.07, 6.45) is 5.67. The summed E-state index contributed by atoms with van der Waals surface area (Å²) < 4.78 is 1.86. The fourth-order valence-corrected chi connectivity index (χ4v) is 6.50. The average Bonchev–Trinajstić information content (AvgIpc) is 2.89. The SMILES string of the molecule is O=C1c2sc3nc4n(c(=O)c3c2CC[C@H]1Sc1ccccc1)CCCCC4. The molecule has 1 aromatic carbocycles. The summed E-state index contributed by atoms with van der Waals surface area (Å²) in [7, 11) is 0. The van der Waals surface area contributed by atoms with Gasteiger partial charge in [-0.1, -0.05) is 24.6 Å². The molecule has 2 aromatic heterocycles. The average molecular weight is 397 g/mol. The number of thioether (sulfide) groups is 1. The molecular formula is C21H20N2O2S2. The second-order valence-electron chi connectivity index (χ2n) is 7.21. The van der Waals surface area contributed by atoms with Gasteiger partial charge in [-0.05, 0) is 43.4 Å². The number of aromatic nitrogens is 2. The lowest BCUT2D eigenvalue weighted by molar-refractivity contribution is 0.0984. The van der Waals surface area contributed by atoms with Crippen LogP contribution in [0.1, 0.15) is 46.7 Å². The molecule has 1 aliphatic carbocycles. The molecule has 4 nitrogen and oxygen atoms in total. The number of aryl methyl sites for hydroxylation is 2. The molecule has 0 bridgehead atoms. The third kappa shape index (κ3) is 2.95. The largest absolute Gasteiger partial charge is 0.296 e. The topological polar surface area (TPSA) is 52.0 Å². The van der Waals surface area contributed by atoms with E-state index in [1.54, 1.807) is 11.8 Å². The van der Waals surface area contributed by atoms with Crippen LogP contribution < -0.4 is 5.56 Å². The van der Waals surface area contributed by atoms with Gasteiger partial charge in [-0.2, -0.15) is 0 Å². The highest BCUT2D eigenvalue weighted by Gasteiger charge is 2.33.